The van der Waals surface area contributed by atoms with E-state index in [4.69, 9.17) is 4.74 Å². The zero-order valence-corrected chi connectivity index (χ0v) is 11.4. The Morgan fingerprint density at radius 1 is 1.44 bits per heavy atom. The largest absolute Gasteiger partial charge is 0.384 e. The average Bonchev–Trinajstić information content (AvgIpc) is 2.58. The molecule has 0 aromatic carbocycles. The average molecular weight is 241 g/mol. The molecule has 0 spiro atoms. The van der Waals surface area contributed by atoms with E-state index in [0.29, 0.717) is 6.61 Å². The summed E-state index contributed by atoms with van der Waals surface area (Å²) in [6.45, 7) is 8.48. The van der Waals surface area contributed by atoms with E-state index in [1.165, 1.54) is 11.3 Å². The molecule has 0 unspecified atom stereocenters. The minimum Gasteiger partial charge on any atom is -0.384 e. The van der Waals surface area contributed by atoms with Crippen LogP contribution in [0.25, 0.3) is 0 Å². The summed E-state index contributed by atoms with van der Waals surface area (Å²) in [6.07, 6.45) is 0.775. The highest BCUT2D eigenvalue weighted by atomic mass is 32.1. The predicted octanol–water partition coefficient (Wildman–Crippen LogP) is 2.83. The van der Waals surface area contributed by atoms with E-state index in [1.54, 1.807) is 14.0 Å². The molecule has 3 nitrogen and oxygen atoms in total. The van der Waals surface area contributed by atoms with Crippen LogP contribution in [0.3, 0.4) is 0 Å². The highest BCUT2D eigenvalue weighted by Crippen LogP contribution is 2.30. The smallest absolute Gasteiger partial charge is 0.171 e. The van der Waals surface area contributed by atoms with Gasteiger partial charge in [0, 0.05) is 25.9 Å². The Bertz CT molecular complexity index is 377. The molecule has 0 aliphatic rings. The zero-order valence-electron chi connectivity index (χ0n) is 10.6. The second-order valence-electron chi connectivity index (χ2n) is 4.83. The van der Waals surface area contributed by atoms with E-state index in [9.17, 15) is 4.79 Å². The van der Waals surface area contributed by atoms with Gasteiger partial charge in [-0.05, 0) is 0 Å². The van der Waals surface area contributed by atoms with Crippen LogP contribution in [0, 0.1) is 0 Å². The van der Waals surface area contributed by atoms with Gasteiger partial charge >= 0.3 is 0 Å². The van der Waals surface area contributed by atoms with Crippen LogP contribution in [-0.2, 0) is 16.6 Å². The molecule has 0 radical (unpaired) electrons. The van der Waals surface area contributed by atoms with Crippen molar-refractivity contribution < 1.29 is 9.53 Å². The van der Waals surface area contributed by atoms with Crippen LogP contribution in [0.15, 0.2) is 0 Å². The third-order valence-corrected chi connectivity index (χ3v) is 3.44. The molecule has 0 saturated carbocycles. The van der Waals surface area contributed by atoms with Gasteiger partial charge in [0.05, 0.1) is 22.2 Å². The number of carbonyl (C=O) groups excluding carboxylic acids is 1. The normalized spacial score (nSPS) is 11.8. The van der Waals surface area contributed by atoms with E-state index in [1.807, 2.05) is 0 Å². The lowest BCUT2D eigenvalue weighted by Gasteiger charge is -2.16. The molecule has 1 rings (SSSR count). The van der Waals surface area contributed by atoms with Crippen LogP contribution in [0.1, 0.15) is 48.1 Å². The highest BCUT2D eigenvalue weighted by molar-refractivity contribution is 7.13. The molecule has 1 aromatic rings. The summed E-state index contributed by atoms with van der Waals surface area (Å²) in [4.78, 5) is 16.9. The van der Waals surface area contributed by atoms with Crippen molar-refractivity contribution in [1.29, 1.82) is 0 Å². The fraction of sp³-hybridized carbons (Fsp3) is 0.667. The monoisotopic (exact) mass is 241 g/mol. The van der Waals surface area contributed by atoms with Gasteiger partial charge < -0.3 is 4.74 Å². The molecule has 0 saturated heterocycles. The second kappa shape index (κ2) is 5.06. The van der Waals surface area contributed by atoms with Crippen LogP contribution < -0.4 is 0 Å². The van der Waals surface area contributed by atoms with Gasteiger partial charge in [0.25, 0.3) is 0 Å². The van der Waals surface area contributed by atoms with E-state index in [-0.39, 0.29) is 11.2 Å². The summed E-state index contributed by atoms with van der Waals surface area (Å²) in [5.41, 5.74) is 0.833. The molecular weight excluding hydrogens is 222 g/mol. The van der Waals surface area contributed by atoms with Gasteiger partial charge in [0.2, 0.25) is 0 Å². The fourth-order valence-corrected chi connectivity index (χ4v) is 2.56. The Morgan fingerprint density at radius 3 is 2.44 bits per heavy atom. The molecule has 0 bridgehead atoms. The quantitative estimate of drug-likeness (QED) is 0.761. The second-order valence-corrected chi connectivity index (χ2v) is 5.92. The molecule has 1 heterocycles. The number of ether oxygens (including phenoxy) is 1. The first kappa shape index (κ1) is 13.3. The fourth-order valence-electron chi connectivity index (χ4n) is 1.41. The summed E-state index contributed by atoms with van der Waals surface area (Å²) in [6, 6.07) is 0. The van der Waals surface area contributed by atoms with Crippen molar-refractivity contribution >= 4 is 17.1 Å². The maximum atomic E-state index is 11.5. The van der Waals surface area contributed by atoms with Gasteiger partial charge in [-0.3, -0.25) is 4.79 Å². The molecule has 4 heteroatoms. The van der Waals surface area contributed by atoms with Crippen LogP contribution >= 0.6 is 11.3 Å². The zero-order chi connectivity index (χ0) is 12.3. The van der Waals surface area contributed by atoms with Gasteiger partial charge in [0.1, 0.15) is 0 Å². The Morgan fingerprint density at radius 2 is 2.06 bits per heavy atom. The van der Waals surface area contributed by atoms with E-state index < -0.39 is 0 Å². The maximum Gasteiger partial charge on any atom is 0.171 e. The first-order chi connectivity index (χ1) is 7.36. The standard InChI is InChI=1S/C12H19NO2S/c1-8(14)10-11(12(2,3)4)13-9(16-10)6-7-15-5/h6-7H2,1-5H3. The molecule has 0 fully saturated rings. The van der Waals surface area contributed by atoms with Crippen molar-refractivity contribution in [2.75, 3.05) is 13.7 Å². The summed E-state index contributed by atoms with van der Waals surface area (Å²) < 4.78 is 5.02. The van der Waals surface area contributed by atoms with Crippen molar-refractivity contribution in [1.82, 2.24) is 4.98 Å². The van der Waals surface area contributed by atoms with E-state index >= 15 is 0 Å². The Balaban J connectivity index is 3.06. The number of ketones is 1. The molecule has 0 atom stereocenters. The number of nitrogens with zero attached hydrogens (tertiary/aromatic N) is 1. The molecule has 1 aromatic heterocycles. The molecule has 90 valence electrons. The summed E-state index contributed by atoms with van der Waals surface area (Å²) in [7, 11) is 1.67. The third kappa shape index (κ3) is 3.12. The minimum atomic E-state index is -0.0805. The summed E-state index contributed by atoms with van der Waals surface area (Å²) in [5.74, 6) is 0.103. The lowest BCUT2D eigenvalue weighted by Crippen LogP contribution is -2.15. The van der Waals surface area contributed by atoms with Crippen molar-refractivity contribution in [3.8, 4) is 0 Å². The van der Waals surface area contributed by atoms with Gasteiger partial charge in [-0.15, -0.1) is 11.3 Å². The molecule has 0 N–H and O–H groups in total. The highest BCUT2D eigenvalue weighted by Gasteiger charge is 2.25. The van der Waals surface area contributed by atoms with Crippen LogP contribution in [-0.4, -0.2) is 24.5 Å². The lowest BCUT2D eigenvalue weighted by atomic mass is 9.91. The number of methoxy groups -OCH3 is 1. The Hall–Kier alpha value is -0.740. The summed E-state index contributed by atoms with van der Waals surface area (Å²) >= 11 is 1.49. The third-order valence-electron chi connectivity index (χ3n) is 2.22. The van der Waals surface area contributed by atoms with Crippen molar-refractivity contribution in [3.05, 3.63) is 15.6 Å². The number of hydrogen-bond acceptors (Lipinski definition) is 4. The number of aromatic nitrogens is 1. The van der Waals surface area contributed by atoms with Gasteiger partial charge in [-0.1, -0.05) is 20.8 Å². The maximum absolute atomic E-state index is 11.5. The first-order valence-electron chi connectivity index (χ1n) is 5.36. The molecule has 0 aliphatic carbocycles. The Labute approximate surface area is 101 Å². The van der Waals surface area contributed by atoms with Crippen LogP contribution in [0.5, 0.6) is 0 Å². The number of thiazole rings is 1. The SMILES string of the molecule is COCCc1nc(C(C)(C)C)c(C(C)=O)s1. The number of rotatable bonds is 4. The van der Waals surface area contributed by atoms with Gasteiger partial charge in [0.15, 0.2) is 5.78 Å². The molecule has 16 heavy (non-hydrogen) atoms. The molecule has 0 amide bonds. The summed E-state index contributed by atoms with van der Waals surface area (Å²) in [5, 5.41) is 0.983. The number of hydrogen-bond donors (Lipinski definition) is 0. The minimum absolute atomic E-state index is 0.0805. The van der Waals surface area contributed by atoms with Crippen molar-refractivity contribution in [3.63, 3.8) is 0 Å². The topological polar surface area (TPSA) is 39.2 Å². The van der Waals surface area contributed by atoms with Crippen LogP contribution in [0.4, 0.5) is 0 Å². The van der Waals surface area contributed by atoms with E-state index in [0.717, 1.165) is 22.0 Å². The first-order valence-corrected chi connectivity index (χ1v) is 6.18. The van der Waals surface area contributed by atoms with E-state index in [2.05, 4.69) is 25.8 Å². The van der Waals surface area contributed by atoms with Crippen molar-refractivity contribution in [2.45, 2.75) is 39.5 Å². The lowest BCUT2D eigenvalue weighted by molar-refractivity contribution is 0.101. The molecular formula is C12H19NO2S. The predicted molar refractivity (Wildman–Crippen MR) is 66.4 cm³/mol. The number of carbonyl (C=O) groups is 1. The van der Waals surface area contributed by atoms with Gasteiger partial charge in [-0.2, -0.15) is 0 Å². The Kier molecular flexibility index (Phi) is 4.21. The van der Waals surface area contributed by atoms with Crippen LogP contribution in [0.2, 0.25) is 0 Å². The number of Topliss-reactive ketones (excluding diaryl/α,β-unsaturated/α-hetero) is 1. The molecule has 0 aliphatic heterocycles. The van der Waals surface area contributed by atoms with Crippen molar-refractivity contribution in [2.24, 2.45) is 0 Å². The van der Waals surface area contributed by atoms with Gasteiger partial charge in [-0.25, -0.2) is 4.98 Å².